The van der Waals surface area contributed by atoms with Gasteiger partial charge in [-0.15, -0.1) is 11.3 Å². The molecule has 268 valence electrons. The molecule has 8 aromatic carbocycles. The third-order valence-corrected chi connectivity index (χ3v) is 13.5. The second kappa shape index (κ2) is 11.1. The molecule has 5 aromatic heterocycles. The molecule has 0 amide bonds. The first kappa shape index (κ1) is 30.7. The molecule has 5 nitrogen and oxygen atoms in total. The molecule has 0 unspecified atom stereocenters. The van der Waals surface area contributed by atoms with Crippen molar-refractivity contribution in [3.8, 4) is 45.1 Å². The zero-order chi connectivity index (χ0) is 37.6. The van der Waals surface area contributed by atoms with Crippen LogP contribution >= 0.6 is 11.3 Å². The highest BCUT2D eigenvalue weighted by Crippen LogP contribution is 2.48. The maximum absolute atomic E-state index is 6.59. The molecule has 0 saturated carbocycles. The van der Waals surface area contributed by atoms with Crippen molar-refractivity contribution in [2.45, 2.75) is 0 Å². The maximum Gasteiger partial charge on any atom is 0.238 e. The summed E-state index contributed by atoms with van der Waals surface area (Å²) in [6, 6.07) is 61.3. The van der Waals surface area contributed by atoms with Crippen molar-refractivity contribution in [3.05, 3.63) is 170 Å². The Hall–Kier alpha value is -7.54. The van der Waals surface area contributed by atoms with Crippen LogP contribution in [0.5, 0.6) is 0 Å². The maximum atomic E-state index is 6.59. The molecule has 0 radical (unpaired) electrons. The molecule has 0 fully saturated rings. The third kappa shape index (κ3) is 3.94. The Morgan fingerprint density at radius 3 is 1.98 bits per heavy atom. The van der Waals surface area contributed by atoms with Gasteiger partial charge in [-0.05, 0) is 59.7 Å². The summed E-state index contributed by atoms with van der Waals surface area (Å²) >= 11 is 1.82. The van der Waals surface area contributed by atoms with Gasteiger partial charge in [0.2, 0.25) is 11.7 Å². The number of hydrogen-bond donors (Lipinski definition) is 0. The topological polar surface area (TPSA) is 48.8 Å². The van der Waals surface area contributed by atoms with Crippen LogP contribution in [-0.2, 0) is 0 Å². The summed E-state index contributed by atoms with van der Waals surface area (Å²) in [5, 5.41) is 9.09. The van der Waals surface area contributed by atoms with Crippen molar-refractivity contribution in [2.75, 3.05) is 0 Å². The molecular formula is C52H28N4OS. The summed E-state index contributed by atoms with van der Waals surface area (Å²) in [5.41, 5.74) is 13.9. The highest BCUT2D eigenvalue weighted by molar-refractivity contribution is 7.25. The highest BCUT2D eigenvalue weighted by Gasteiger charge is 2.27. The molecule has 1 aliphatic rings. The van der Waals surface area contributed by atoms with E-state index >= 15 is 0 Å². The molecule has 58 heavy (non-hydrogen) atoms. The second-order valence-electron chi connectivity index (χ2n) is 15.3. The molecule has 0 N–H and O–H groups in total. The van der Waals surface area contributed by atoms with E-state index in [-0.39, 0.29) is 0 Å². The predicted molar refractivity (Wildman–Crippen MR) is 241 cm³/mol. The van der Waals surface area contributed by atoms with Gasteiger partial charge in [-0.3, -0.25) is 4.57 Å². The summed E-state index contributed by atoms with van der Waals surface area (Å²) in [6.45, 7) is 0. The molecule has 0 spiro atoms. The van der Waals surface area contributed by atoms with Crippen LogP contribution in [0.2, 0.25) is 0 Å². The van der Waals surface area contributed by atoms with Crippen molar-refractivity contribution in [1.82, 2.24) is 19.1 Å². The minimum Gasteiger partial charge on any atom is -0.437 e. The normalized spacial score (nSPS) is 12.5. The highest BCUT2D eigenvalue weighted by atomic mass is 32.1. The number of thiophene rings is 1. The van der Waals surface area contributed by atoms with Crippen LogP contribution in [-0.4, -0.2) is 19.1 Å². The molecule has 6 heterocycles. The predicted octanol–water partition coefficient (Wildman–Crippen LogP) is 14.3. The van der Waals surface area contributed by atoms with Gasteiger partial charge >= 0.3 is 0 Å². The Morgan fingerprint density at radius 1 is 0.431 bits per heavy atom. The largest absolute Gasteiger partial charge is 0.437 e. The first-order valence-electron chi connectivity index (χ1n) is 19.6. The van der Waals surface area contributed by atoms with Crippen molar-refractivity contribution < 1.29 is 4.42 Å². The fourth-order valence-corrected chi connectivity index (χ4v) is 10.9. The first-order valence-corrected chi connectivity index (χ1v) is 20.4. The zero-order valence-corrected chi connectivity index (χ0v) is 31.6. The lowest BCUT2D eigenvalue weighted by molar-refractivity contribution is 0.651. The number of benzene rings is 8. The summed E-state index contributed by atoms with van der Waals surface area (Å²) < 4.78 is 13.9. The second-order valence-corrected chi connectivity index (χ2v) is 16.4. The number of rotatable bonds is 2. The van der Waals surface area contributed by atoms with Crippen molar-refractivity contribution >= 4 is 97.2 Å². The number of furan rings is 1. The molecular weight excluding hydrogens is 729 g/mol. The molecule has 13 aromatic rings. The van der Waals surface area contributed by atoms with Crippen LogP contribution in [0.15, 0.2) is 174 Å². The van der Waals surface area contributed by atoms with Gasteiger partial charge in [0.1, 0.15) is 5.58 Å². The summed E-state index contributed by atoms with van der Waals surface area (Å²) in [5.74, 6) is 0.576. The fourth-order valence-electron chi connectivity index (χ4n) is 9.85. The quantitative estimate of drug-likeness (QED) is 0.176. The van der Waals surface area contributed by atoms with Gasteiger partial charge in [0, 0.05) is 63.8 Å². The molecule has 0 aliphatic carbocycles. The van der Waals surface area contributed by atoms with E-state index in [9.17, 15) is 0 Å². The van der Waals surface area contributed by atoms with E-state index in [4.69, 9.17) is 14.4 Å². The number of aromatic nitrogens is 4. The molecule has 0 atom stereocenters. The van der Waals surface area contributed by atoms with Gasteiger partial charge in [0.15, 0.2) is 0 Å². The van der Waals surface area contributed by atoms with E-state index in [2.05, 4.69) is 167 Å². The number of nitrogens with zero attached hydrogens (tertiary/aromatic N) is 4. The van der Waals surface area contributed by atoms with E-state index in [1.165, 1.54) is 69.9 Å². The summed E-state index contributed by atoms with van der Waals surface area (Å²) in [6.07, 6.45) is 0. The van der Waals surface area contributed by atoms with Gasteiger partial charge in [0.05, 0.1) is 38.8 Å². The van der Waals surface area contributed by atoms with Gasteiger partial charge in [-0.2, -0.15) is 4.98 Å². The Labute approximate surface area is 334 Å². The van der Waals surface area contributed by atoms with Gasteiger partial charge in [-0.25, -0.2) is 4.98 Å². The van der Waals surface area contributed by atoms with Crippen LogP contribution in [0.25, 0.3) is 131 Å². The lowest BCUT2D eigenvalue weighted by atomic mass is 9.94. The molecule has 1 aliphatic heterocycles. The monoisotopic (exact) mass is 756 g/mol. The standard InChI is InChI=1S/C52H28N4OS/c1-2-13-31-30(12-1)32-14-3-7-20-41(32)55-43-27-38-33-15-4-8-21-42(33)56(44(38)28-39(43)36-19-11-18-35(31)50(36)55)52-53-49(48-37-17-5-9-22-45(37)57-51(48)54-52)29-24-25-47-40(26-29)34-16-6-10-23-46(34)58-47/h1-28H. The van der Waals surface area contributed by atoms with Crippen molar-refractivity contribution in [3.63, 3.8) is 0 Å². The van der Waals surface area contributed by atoms with Crippen LogP contribution < -0.4 is 0 Å². The zero-order valence-electron chi connectivity index (χ0n) is 30.8. The number of fused-ring (bicyclic) bond motifs is 17. The SMILES string of the molecule is c1ccc2c(c1)-c1ccccc1-n1c3cc4c5ccccc5n(-c5nc(-c6ccc7sc8ccccc8c7c6)c6c(n5)oc5ccccc56)c4cc3c3cccc-2c31. The first-order chi connectivity index (χ1) is 28.8. The summed E-state index contributed by atoms with van der Waals surface area (Å²) in [7, 11) is 0. The van der Waals surface area contributed by atoms with Gasteiger partial charge in [0.25, 0.3) is 0 Å². The van der Waals surface area contributed by atoms with E-state index in [1.54, 1.807) is 0 Å². The average molecular weight is 757 g/mol. The van der Waals surface area contributed by atoms with Crippen LogP contribution in [0.3, 0.4) is 0 Å². The fraction of sp³-hybridized carbons (Fsp3) is 0. The Bertz CT molecular complexity index is 3940. The van der Waals surface area contributed by atoms with E-state index in [0.717, 1.165) is 49.4 Å². The minimum absolute atomic E-state index is 0.571. The summed E-state index contributed by atoms with van der Waals surface area (Å²) in [4.78, 5) is 10.8. The molecule has 0 bridgehead atoms. The van der Waals surface area contributed by atoms with Gasteiger partial charge in [-0.1, -0.05) is 121 Å². The lowest BCUT2D eigenvalue weighted by Gasteiger charge is -2.12. The average Bonchev–Trinajstić information content (AvgIpc) is 4.00. The molecule has 0 saturated heterocycles. The number of para-hydroxylation sites is 4. The van der Waals surface area contributed by atoms with Crippen molar-refractivity contribution in [1.29, 1.82) is 0 Å². The number of hydrogen-bond acceptors (Lipinski definition) is 4. The molecule has 6 heteroatoms. The third-order valence-electron chi connectivity index (χ3n) is 12.3. The minimum atomic E-state index is 0.571. The van der Waals surface area contributed by atoms with Crippen LogP contribution in [0, 0.1) is 0 Å². The smallest absolute Gasteiger partial charge is 0.238 e. The lowest BCUT2D eigenvalue weighted by Crippen LogP contribution is -2.03. The van der Waals surface area contributed by atoms with E-state index in [0.29, 0.717) is 11.7 Å². The molecule has 14 rings (SSSR count). The van der Waals surface area contributed by atoms with Crippen LogP contribution in [0.4, 0.5) is 0 Å². The van der Waals surface area contributed by atoms with E-state index < -0.39 is 0 Å². The van der Waals surface area contributed by atoms with Crippen LogP contribution in [0.1, 0.15) is 0 Å². The Morgan fingerprint density at radius 2 is 1.09 bits per heavy atom. The van der Waals surface area contributed by atoms with Crippen molar-refractivity contribution in [2.24, 2.45) is 0 Å². The van der Waals surface area contributed by atoms with E-state index in [1.807, 2.05) is 23.5 Å². The van der Waals surface area contributed by atoms with Gasteiger partial charge < -0.3 is 8.98 Å². The Balaban J connectivity index is 1.10. The Kier molecular flexibility index (Phi) is 5.85.